The zero-order chi connectivity index (χ0) is 24.4. The Balaban J connectivity index is 1.77. The van der Waals surface area contributed by atoms with Gasteiger partial charge in [0.15, 0.2) is 10.5 Å². The van der Waals surface area contributed by atoms with Crippen LogP contribution < -0.4 is 26.0 Å². The number of rotatable bonds is 5. The maximum atomic E-state index is 13.2. The number of nitrogens with zero attached hydrogens (tertiary/aromatic N) is 4. The van der Waals surface area contributed by atoms with Crippen LogP contribution in [0.2, 0.25) is 0 Å². The van der Waals surface area contributed by atoms with Gasteiger partial charge in [0.05, 0.1) is 18.5 Å². The van der Waals surface area contributed by atoms with Gasteiger partial charge >= 0.3 is 0 Å². The van der Waals surface area contributed by atoms with Crippen molar-refractivity contribution in [3.05, 3.63) is 96.7 Å². The van der Waals surface area contributed by atoms with Crippen molar-refractivity contribution < 1.29 is 9.53 Å². The van der Waals surface area contributed by atoms with E-state index in [0.29, 0.717) is 22.8 Å². The molecule has 0 bridgehead atoms. The van der Waals surface area contributed by atoms with E-state index in [4.69, 9.17) is 4.74 Å². The number of carbonyl (C=O) groups excluding carboxylic acids is 1. The Morgan fingerprint density at radius 2 is 1.71 bits per heavy atom. The Kier molecular flexibility index (Phi) is 6.33. The predicted molar refractivity (Wildman–Crippen MR) is 131 cm³/mol. The molecule has 4 rings (SSSR count). The number of para-hydroxylation sites is 1. The average molecular weight is 478 g/mol. The first kappa shape index (κ1) is 23.0. The summed E-state index contributed by atoms with van der Waals surface area (Å²) in [6.45, 7) is 1.78. The summed E-state index contributed by atoms with van der Waals surface area (Å²) >= 11 is 1.02. The lowest BCUT2D eigenvalue weighted by atomic mass is 10.3. The molecule has 0 aliphatic carbocycles. The molecule has 2 aromatic carbocycles. The number of aromatic nitrogens is 3. The SMILES string of the molecule is COc1ccc(NC(=O)c2cc(=O)n(C)c(=Nc3c(C)n(C)n(-c4ccccc4)c3=O)s2)cc1. The van der Waals surface area contributed by atoms with Crippen LogP contribution in [0.15, 0.2) is 75.2 Å². The predicted octanol–water partition coefficient (Wildman–Crippen LogP) is 2.74. The Hall–Kier alpha value is -4.18. The average Bonchev–Trinajstić information content (AvgIpc) is 3.05. The topological polar surface area (TPSA) is 99.6 Å². The molecule has 34 heavy (non-hydrogen) atoms. The summed E-state index contributed by atoms with van der Waals surface area (Å²) < 4.78 is 9.65. The van der Waals surface area contributed by atoms with Gasteiger partial charge in [-0.2, -0.15) is 0 Å². The Labute approximate surface area is 198 Å². The van der Waals surface area contributed by atoms with Crippen LogP contribution in [0.3, 0.4) is 0 Å². The highest BCUT2D eigenvalue weighted by atomic mass is 32.1. The van der Waals surface area contributed by atoms with Gasteiger partial charge in [-0.3, -0.25) is 23.6 Å². The van der Waals surface area contributed by atoms with Crippen LogP contribution in [0.4, 0.5) is 11.4 Å². The Morgan fingerprint density at radius 1 is 1.03 bits per heavy atom. The fraction of sp³-hybridized carbons (Fsp3) is 0.167. The molecule has 0 fully saturated rings. The van der Waals surface area contributed by atoms with Crippen molar-refractivity contribution in [2.75, 3.05) is 12.4 Å². The van der Waals surface area contributed by atoms with Gasteiger partial charge in [-0.1, -0.05) is 29.5 Å². The van der Waals surface area contributed by atoms with Crippen molar-refractivity contribution in [3.8, 4) is 11.4 Å². The minimum atomic E-state index is -0.448. The van der Waals surface area contributed by atoms with Crippen LogP contribution in [0, 0.1) is 6.92 Å². The summed E-state index contributed by atoms with van der Waals surface area (Å²) in [4.78, 5) is 43.5. The van der Waals surface area contributed by atoms with Crippen molar-refractivity contribution in [1.82, 2.24) is 13.9 Å². The van der Waals surface area contributed by atoms with Crippen molar-refractivity contribution in [2.24, 2.45) is 19.1 Å². The highest BCUT2D eigenvalue weighted by Gasteiger charge is 2.17. The standard InChI is InChI=1S/C24H23N5O4S/c1-15-21(23(32)29(28(15)3)17-8-6-5-7-9-17)26-24-27(2)20(30)14-19(34-24)22(31)25-16-10-12-18(33-4)13-11-16/h5-14H,1-4H3,(H,25,31). The Bertz CT molecular complexity index is 1540. The van der Waals surface area contributed by atoms with E-state index in [-0.39, 0.29) is 20.9 Å². The molecular weight excluding hydrogens is 454 g/mol. The minimum absolute atomic E-state index is 0.176. The quantitative estimate of drug-likeness (QED) is 0.478. The molecule has 10 heteroatoms. The van der Waals surface area contributed by atoms with Gasteiger partial charge < -0.3 is 10.1 Å². The lowest BCUT2D eigenvalue weighted by molar-refractivity contribution is 0.103. The Morgan fingerprint density at radius 3 is 2.35 bits per heavy atom. The van der Waals surface area contributed by atoms with Crippen LogP contribution in [0.5, 0.6) is 5.75 Å². The van der Waals surface area contributed by atoms with E-state index in [1.165, 1.54) is 15.3 Å². The van der Waals surface area contributed by atoms with E-state index in [9.17, 15) is 14.4 Å². The third-order valence-corrected chi connectivity index (χ3v) is 6.45. The zero-order valence-electron chi connectivity index (χ0n) is 19.1. The number of hydrogen-bond donors (Lipinski definition) is 1. The molecule has 4 aromatic rings. The number of anilines is 1. The smallest absolute Gasteiger partial charge is 0.297 e. The summed E-state index contributed by atoms with van der Waals surface area (Å²) in [5.74, 6) is 0.214. The second-order valence-corrected chi connectivity index (χ2v) is 8.50. The molecule has 0 saturated heterocycles. The third-order valence-electron chi connectivity index (χ3n) is 5.38. The second kappa shape index (κ2) is 9.36. The molecule has 0 spiro atoms. The van der Waals surface area contributed by atoms with Gasteiger partial charge in [0.25, 0.3) is 17.0 Å². The second-order valence-electron chi connectivity index (χ2n) is 7.50. The fourth-order valence-electron chi connectivity index (χ4n) is 3.35. The molecule has 1 amide bonds. The highest BCUT2D eigenvalue weighted by molar-refractivity contribution is 7.11. The molecule has 0 saturated carbocycles. The van der Waals surface area contributed by atoms with E-state index in [1.54, 1.807) is 57.1 Å². The maximum Gasteiger partial charge on any atom is 0.297 e. The first-order valence-electron chi connectivity index (χ1n) is 10.4. The number of methoxy groups -OCH3 is 1. The number of amides is 1. The number of carbonyl (C=O) groups is 1. The largest absolute Gasteiger partial charge is 0.497 e. The van der Waals surface area contributed by atoms with E-state index < -0.39 is 11.5 Å². The lowest BCUT2D eigenvalue weighted by Crippen LogP contribution is -2.30. The molecule has 2 heterocycles. The van der Waals surface area contributed by atoms with Crippen LogP contribution in [0.1, 0.15) is 15.4 Å². The monoisotopic (exact) mass is 477 g/mol. The van der Waals surface area contributed by atoms with E-state index >= 15 is 0 Å². The van der Waals surface area contributed by atoms with Gasteiger partial charge in [0, 0.05) is 25.8 Å². The third kappa shape index (κ3) is 4.35. The first-order chi connectivity index (χ1) is 16.3. The summed E-state index contributed by atoms with van der Waals surface area (Å²) in [5, 5.41) is 2.76. The lowest BCUT2D eigenvalue weighted by Gasteiger charge is -2.07. The molecule has 0 aliphatic heterocycles. The maximum absolute atomic E-state index is 13.2. The summed E-state index contributed by atoms with van der Waals surface area (Å²) in [5.41, 5.74) is 1.35. The highest BCUT2D eigenvalue weighted by Crippen LogP contribution is 2.18. The van der Waals surface area contributed by atoms with E-state index in [1.807, 2.05) is 30.3 Å². The number of benzene rings is 2. The van der Waals surface area contributed by atoms with Gasteiger partial charge in [0.1, 0.15) is 10.6 Å². The van der Waals surface area contributed by atoms with Gasteiger partial charge in [-0.05, 0) is 43.3 Å². The number of hydrogen-bond acceptors (Lipinski definition) is 6. The van der Waals surface area contributed by atoms with Crippen molar-refractivity contribution in [1.29, 1.82) is 0 Å². The zero-order valence-corrected chi connectivity index (χ0v) is 19.9. The van der Waals surface area contributed by atoms with Crippen LogP contribution in [-0.4, -0.2) is 26.9 Å². The summed E-state index contributed by atoms with van der Waals surface area (Å²) in [6.07, 6.45) is 0. The van der Waals surface area contributed by atoms with Crippen molar-refractivity contribution >= 4 is 28.6 Å². The molecule has 9 nitrogen and oxygen atoms in total. The fourth-order valence-corrected chi connectivity index (χ4v) is 4.22. The van der Waals surface area contributed by atoms with Crippen molar-refractivity contribution in [3.63, 3.8) is 0 Å². The molecular formula is C24H23N5O4S. The first-order valence-corrected chi connectivity index (χ1v) is 11.2. The van der Waals surface area contributed by atoms with Gasteiger partial charge in [-0.25, -0.2) is 9.67 Å². The molecule has 1 N–H and O–H groups in total. The molecule has 0 aliphatic rings. The molecule has 0 unspecified atom stereocenters. The van der Waals surface area contributed by atoms with Crippen LogP contribution in [-0.2, 0) is 14.1 Å². The summed E-state index contributed by atoms with van der Waals surface area (Å²) in [6, 6.07) is 17.3. The molecule has 2 aromatic heterocycles. The van der Waals surface area contributed by atoms with Crippen molar-refractivity contribution in [2.45, 2.75) is 6.92 Å². The van der Waals surface area contributed by atoms with Gasteiger partial charge in [0.2, 0.25) is 0 Å². The number of ether oxygens (including phenoxy) is 1. The molecule has 0 atom stereocenters. The minimum Gasteiger partial charge on any atom is -0.497 e. The molecule has 174 valence electrons. The van der Waals surface area contributed by atoms with Crippen LogP contribution >= 0.6 is 11.3 Å². The van der Waals surface area contributed by atoms with E-state index in [0.717, 1.165) is 11.3 Å². The van der Waals surface area contributed by atoms with Gasteiger partial charge in [-0.15, -0.1) is 0 Å². The summed E-state index contributed by atoms with van der Waals surface area (Å²) in [7, 11) is 4.88. The number of nitrogens with one attached hydrogen (secondary N) is 1. The van der Waals surface area contributed by atoms with Crippen LogP contribution in [0.25, 0.3) is 5.69 Å². The molecule has 0 radical (unpaired) electrons. The van der Waals surface area contributed by atoms with E-state index in [2.05, 4.69) is 10.3 Å². The normalized spacial score (nSPS) is 11.5.